The molecular formula is C18H20Cl2OS. The standard InChI is InChI=1S/C18H20Cl2OS/c1-13-3-5-17(15(11-13)7-9-19)22(21)18-6-4-14(2)12-16(18)8-10-20/h3-6,11-12H,7-10H2,1-2H3. The van der Waals surface area contributed by atoms with E-state index in [0.717, 1.165) is 44.9 Å². The van der Waals surface area contributed by atoms with Crippen LogP contribution in [0.4, 0.5) is 0 Å². The number of benzene rings is 2. The minimum absolute atomic E-state index is 0.524. The SMILES string of the molecule is Cc1ccc(S(=O)c2ccc(C)cc2CCCl)c(CCCl)c1. The van der Waals surface area contributed by atoms with Crippen molar-refractivity contribution in [3.05, 3.63) is 58.7 Å². The van der Waals surface area contributed by atoms with Crippen molar-refractivity contribution in [1.29, 1.82) is 0 Å². The number of hydrogen-bond donors (Lipinski definition) is 0. The molecule has 2 aromatic carbocycles. The lowest BCUT2D eigenvalue weighted by Gasteiger charge is -2.13. The van der Waals surface area contributed by atoms with Crippen LogP contribution in [0.25, 0.3) is 0 Å². The number of aryl methyl sites for hydroxylation is 4. The number of alkyl halides is 2. The quantitative estimate of drug-likeness (QED) is 0.664. The Kier molecular flexibility index (Phi) is 6.49. The van der Waals surface area contributed by atoms with E-state index in [-0.39, 0.29) is 0 Å². The second-order valence-corrected chi connectivity index (χ2v) is 7.54. The van der Waals surface area contributed by atoms with Crippen LogP contribution in [-0.2, 0) is 23.6 Å². The highest BCUT2D eigenvalue weighted by molar-refractivity contribution is 7.85. The van der Waals surface area contributed by atoms with Crippen molar-refractivity contribution in [2.75, 3.05) is 11.8 Å². The molecule has 118 valence electrons. The largest absolute Gasteiger partial charge is 0.249 e. The zero-order valence-corrected chi connectivity index (χ0v) is 15.2. The predicted octanol–water partition coefficient (Wildman–Crippen LogP) is 5.03. The second kappa shape index (κ2) is 8.14. The minimum Gasteiger partial charge on any atom is -0.249 e. The molecule has 0 aliphatic rings. The summed E-state index contributed by atoms with van der Waals surface area (Å²) < 4.78 is 13.1. The molecule has 0 spiro atoms. The van der Waals surface area contributed by atoms with Crippen LogP contribution in [0, 0.1) is 13.8 Å². The van der Waals surface area contributed by atoms with Crippen molar-refractivity contribution in [2.24, 2.45) is 0 Å². The lowest BCUT2D eigenvalue weighted by atomic mass is 10.1. The van der Waals surface area contributed by atoms with Crippen LogP contribution in [0.2, 0.25) is 0 Å². The Hall–Kier alpha value is -0.830. The molecule has 0 radical (unpaired) electrons. The third kappa shape index (κ3) is 4.13. The Morgan fingerprint density at radius 3 is 1.59 bits per heavy atom. The van der Waals surface area contributed by atoms with Crippen LogP contribution in [-0.4, -0.2) is 16.0 Å². The summed E-state index contributed by atoms with van der Waals surface area (Å²) in [5.41, 5.74) is 4.44. The normalized spacial score (nSPS) is 11.1. The van der Waals surface area contributed by atoms with Gasteiger partial charge < -0.3 is 0 Å². The highest BCUT2D eigenvalue weighted by Gasteiger charge is 2.15. The maximum atomic E-state index is 13.1. The minimum atomic E-state index is -1.21. The van der Waals surface area contributed by atoms with Crippen LogP contribution in [0.15, 0.2) is 46.2 Å². The smallest absolute Gasteiger partial charge is 0.0855 e. The van der Waals surface area contributed by atoms with Gasteiger partial charge in [-0.2, -0.15) is 0 Å². The van der Waals surface area contributed by atoms with E-state index in [1.807, 2.05) is 38.1 Å². The summed E-state index contributed by atoms with van der Waals surface area (Å²) >= 11 is 11.8. The molecular weight excluding hydrogens is 335 g/mol. The van der Waals surface area contributed by atoms with E-state index in [0.29, 0.717) is 11.8 Å². The molecule has 0 heterocycles. The van der Waals surface area contributed by atoms with Gasteiger partial charge in [0.15, 0.2) is 0 Å². The maximum absolute atomic E-state index is 13.1. The Morgan fingerprint density at radius 2 is 1.23 bits per heavy atom. The van der Waals surface area contributed by atoms with E-state index in [4.69, 9.17) is 23.2 Å². The Bertz CT molecular complexity index is 625. The Morgan fingerprint density at radius 1 is 0.818 bits per heavy atom. The van der Waals surface area contributed by atoms with E-state index in [1.165, 1.54) is 0 Å². The lowest BCUT2D eigenvalue weighted by molar-refractivity contribution is 0.681. The van der Waals surface area contributed by atoms with Crippen molar-refractivity contribution in [2.45, 2.75) is 36.5 Å². The Balaban J connectivity index is 2.48. The molecule has 22 heavy (non-hydrogen) atoms. The molecule has 0 N–H and O–H groups in total. The van der Waals surface area contributed by atoms with Gasteiger partial charge >= 0.3 is 0 Å². The highest BCUT2D eigenvalue weighted by Crippen LogP contribution is 2.26. The van der Waals surface area contributed by atoms with Crippen LogP contribution in [0.3, 0.4) is 0 Å². The fourth-order valence-corrected chi connectivity index (χ4v) is 4.32. The van der Waals surface area contributed by atoms with E-state index in [1.54, 1.807) is 0 Å². The zero-order chi connectivity index (χ0) is 16.1. The molecule has 1 nitrogen and oxygen atoms in total. The van der Waals surface area contributed by atoms with Gasteiger partial charge in [-0.05, 0) is 49.9 Å². The lowest BCUT2D eigenvalue weighted by Crippen LogP contribution is -2.04. The average molecular weight is 355 g/mol. The average Bonchev–Trinajstić information content (AvgIpc) is 2.48. The van der Waals surface area contributed by atoms with Gasteiger partial charge in [0.25, 0.3) is 0 Å². The summed E-state index contributed by atoms with van der Waals surface area (Å²) in [6, 6.07) is 12.1. The van der Waals surface area contributed by atoms with Crippen molar-refractivity contribution in [1.82, 2.24) is 0 Å². The molecule has 0 amide bonds. The highest BCUT2D eigenvalue weighted by atomic mass is 35.5. The first-order valence-electron chi connectivity index (χ1n) is 7.29. The molecule has 0 saturated carbocycles. The molecule has 4 heteroatoms. The first kappa shape index (κ1) is 17.5. The second-order valence-electron chi connectivity index (χ2n) is 5.37. The van der Waals surface area contributed by atoms with Gasteiger partial charge in [-0.1, -0.05) is 35.4 Å². The fraction of sp³-hybridized carbons (Fsp3) is 0.333. The van der Waals surface area contributed by atoms with Gasteiger partial charge in [0.1, 0.15) is 0 Å². The summed E-state index contributed by atoms with van der Waals surface area (Å²) in [5.74, 6) is 1.05. The fourth-order valence-electron chi connectivity index (χ4n) is 2.49. The summed E-state index contributed by atoms with van der Waals surface area (Å²) in [4.78, 5) is 1.71. The van der Waals surface area contributed by atoms with Crippen molar-refractivity contribution in [3.63, 3.8) is 0 Å². The summed E-state index contributed by atoms with van der Waals surface area (Å²) in [6.07, 6.45) is 1.45. The van der Waals surface area contributed by atoms with Crippen molar-refractivity contribution < 1.29 is 4.21 Å². The van der Waals surface area contributed by atoms with Gasteiger partial charge in [-0.15, -0.1) is 23.2 Å². The topological polar surface area (TPSA) is 17.1 Å². The number of hydrogen-bond acceptors (Lipinski definition) is 1. The molecule has 2 aromatic rings. The molecule has 0 fully saturated rings. The third-order valence-electron chi connectivity index (χ3n) is 3.56. The zero-order valence-electron chi connectivity index (χ0n) is 12.9. The van der Waals surface area contributed by atoms with Crippen LogP contribution in [0.5, 0.6) is 0 Å². The number of halogens is 2. The van der Waals surface area contributed by atoms with Crippen LogP contribution >= 0.6 is 23.2 Å². The molecule has 0 saturated heterocycles. The van der Waals surface area contributed by atoms with Gasteiger partial charge in [0.05, 0.1) is 10.8 Å². The maximum Gasteiger partial charge on any atom is 0.0855 e. The van der Waals surface area contributed by atoms with Crippen LogP contribution < -0.4 is 0 Å². The number of rotatable bonds is 6. The molecule has 0 aromatic heterocycles. The van der Waals surface area contributed by atoms with E-state index < -0.39 is 10.8 Å². The summed E-state index contributed by atoms with van der Waals surface area (Å²) in [5, 5.41) is 0. The van der Waals surface area contributed by atoms with Crippen molar-refractivity contribution >= 4 is 34.0 Å². The first-order chi connectivity index (χ1) is 10.6. The Labute approximate surface area is 145 Å². The third-order valence-corrected chi connectivity index (χ3v) is 5.53. The molecule has 2 rings (SSSR count). The molecule has 0 aliphatic carbocycles. The predicted molar refractivity (Wildman–Crippen MR) is 95.9 cm³/mol. The van der Waals surface area contributed by atoms with Crippen LogP contribution in [0.1, 0.15) is 22.3 Å². The van der Waals surface area contributed by atoms with E-state index >= 15 is 0 Å². The summed E-state index contributed by atoms with van der Waals surface area (Å²) in [7, 11) is -1.21. The van der Waals surface area contributed by atoms with E-state index in [2.05, 4.69) is 12.1 Å². The summed E-state index contributed by atoms with van der Waals surface area (Å²) in [6.45, 7) is 4.07. The van der Waals surface area contributed by atoms with E-state index in [9.17, 15) is 4.21 Å². The van der Waals surface area contributed by atoms with Crippen molar-refractivity contribution in [3.8, 4) is 0 Å². The molecule has 0 bridgehead atoms. The molecule has 0 aliphatic heterocycles. The van der Waals surface area contributed by atoms with Gasteiger partial charge in [-0.3, -0.25) is 0 Å². The van der Waals surface area contributed by atoms with Gasteiger partial charge in [-0.25, -0.2) is 4.21 Å². The van der Waals surface area contributed by atoms with Gasteiger partial charge in [0, 0.05) is 21.6 Å². The molecule has 0 atom stereocenters. The monoisotopic (exact) mass is 354 g/mol. The molecule has 0 unspecified atom stereocenters. The van der Waals surface area contributed by atoms with Gasteiger partial charge in [0.2, 0.25) is 0 Å². The first-order valence-corrected chi connectivity index (χ1v) is 9.51.